The summed E-state index contributed by atoms with van der Waals surface area (Å²) in [5, 5.41) is 11.3. The maximum absolute atomic E-state index is 3.44. The molecule has 7 rings (SSSR count). The standard InChI is InChI=1S/C32H24N2/c1-34-20-33-31-16-14-24(19-32(31)34)22-8-6-7-21(17-22)23-13-15-29-27-11-3-2-9-25(27)26-10-4-5-12-28(26)30(29)18-23/h2-19,33H,20H2,1H3. The zero-order chi connectivity index (χ0) is 22.6. The highest BCUT2D eigenvalue weighted by molar-refractivity contribution is 6.25. The topological polar surface area (TPSA) is 15.3 Å². The van der Waals surface area contributed by atoms with E-state index in [9.17, 15) is 0 Å². The van der Waals surface area contributed by atoms with Crippen molar-refractivity contribution in [1.82, 2.24) is 0 Å². The Hall–Kier alpha value is -4.30. The highest BCUT2D eigenvalue weighted by atomic mass is 15.3. The van der Waals surface area contributed by atoms with E-state index in [1.54, 1.807) is 0 Å². The van der Waals surface area contributed by atoms with Crippen molar-refractivity contribution in [2.45, 2.75) is 0 Å². The molecule has 1 aliphatic rings. The Labute approximate surface area is 199 Å². The molecule has 1 N–H and O–H groups in total. The second-order valence-electron chi connectivity index (χ2n) is 9.20. The Kier molecular flexibility index (Phi) is 4.16. The number of hydrogen-bond donors (Lipinski definition) is 1. The zero-order valence-corrected chi connectivity index (χ0v) is 19.0. The minimum Gasteiger partial charge on any atom is -0.366 e. The van der Waals surface area contributed by atoms with Gasteiger partial charge in [0.2, 0.25) is 0 Å². The third-order valence-corrected chi connectivity index (χ3v) is 7.19. The summed E-state index contributed by atoms with van der Waals surface area (Å²) < 4.78 is 0. The largest absolute Gasteiger partial charge is 0.366 e. The predicted molar refractivity (Wildman–Crippen MR) is 147 cm³/mol. The van der Waals surface area contributed by atoms with Crippen molar-refractivity contribution >= 4 is 43.7 Å². The average Bonchev–Trinajstić information content (AvgIpc) is 3.28. The molecule has 2 heteroatoms. The molecule has 0 amide bonds. The molecule has 1 heterocycles. The third-order valence-electron chi connectivity index (χ3n) is 7.19. The Morgan fingerprint density at radius 1 is 0.500 bits per heavy atom. The van der Waals surface area contributed by atoms with Crippen LogP contribution < -0.4 is 10.2 Å². The Balaban J connectivity index is 1.41. The van der Waals surface area contributed by atoms with E-state index in [0.29, 0.717) is 0 Å². The molecule has 6 aromatic rings. The molecule has 162 valence electrons. The van der Waals surface area contributed by atoms with Gasteiger partial charge in [0.05, 0.1) is 18.0 Å². The average molecular weight is 437 g/mol. The quantitative estimate of drug-likeness (QED) is 0.275. The van der Waals surface area contributed by atoms with Gasteiger partial charge in [-0.15, -0.1) is 0 Å². The molecule has 0 fully saturated rings. The predicted octanol–water partition coefficient (Wildman–Crippen LogP) is 8.30. The fourth-order valence-corrected chi connectivity index (χ4v) is 5.43. The van der Waals surface area contributed by atoms with Crippen molar-refractivity contribution in [3.8, 4) is 22.3 Å². The minimum absolute atomic E-state index is 0.860. The summed E-state index contributed by atoms with van der Waals surface area (Å²) in [5.74, 6) is 0. The van der Waals surface area contributed by atoms with Crippen LogP contribution in [0, 0.1) is 0 Å². The number of nitrogens with zero attached hydrogens (tertiary/aromatic N) is 1. The molecule has 0 unspecified atom stereocenters. The SMILES string of the molecule is CN1CNc2ccc(-c3cccc(-c4ccc5c6ccccc6c6ccccc6c5c4)c3)cc21. The Morgan fingerprint density at radius 3 is 1.71 bits per heavy atom. The number of nitrogens with one attached hydrogen (secondary N) is 1. The monoisotopic (exact) mass is 436 g/mol. The molecule has 0 saturated heterocycles. The highest BCUT2D eigenvalue weighted by Crippen LogP contribution is 2.38. The Bertz CT molecular complexity index is 1700. The lowest BCUT2D eigenvalue weighted by molar-refractivity contribution is 1.03. The summed E-state index contributed by atoms with van der Waals surface area (Å²) in [6.07, 6.45) is 0. The summed E-state index contributed by atoms with van der Waals surface area (Å²) in [6.45, 7) is 0.860. The molecule has 0 aliphatic carbocycles. The lowest BCUT2D eigenvalue weighted by Gasteiger charge is -2.13. The van der Waals surface area contributed by atoms with Gasteiger partial charge in [0, 0.05) is 7.05 Å². The van der Waals surface area contributed by atoms with E-state index in [1.807, 2.05) is 0 Å². The van der Waals surface area contributed by atoms with Gasteiger partial charge >= 0.3 is 0 Å². The van der Waals surface area contributed by atoms with Crippen LogP contribution in [0.1, 0.15) is 0 Å². The van der Waals surface area contributed by atoms with E-state index in [4.69, 9.17) is 0 Å². The summed E-state index contributed by atoms with van der Waals surface area (Å²) >= 11 is 0. The highest BCUT2D eigenvalue weighted by Gasteiger charge is 2.16. The smallest absolute Gasteiger partial charge is 0.0874 e. The van der Waals surface area contributed by atoms with Crippen LogP contribution in [0.25, 0.3) is 54.6 Å². The van der Waals surface area contributed by atoms with E-state index < -0.39 is 0 Å². The van der Waals surface area contributed by atoms with Gasteiger partial charge in [0.15, 0.2) is 0 Å². The fraction of sp³-hybridized carbons (Fsp3) is 0.0625. The van der Waals surface area contributed by atoms with Crippen molar-refractivity contribution in [2.75, 3.05) is 23.9 Å². The first-order valence-electron chi connectivity index (χ1n) is 11.8. The summed E-state index contributed by atoms with van der Waals surface area (Å²) in [5.41, 5.74) is 7.43. The normalized spacial score (nSPS) is 12.9. The first-order chi connectivity index (χ1) is 16.8. The first kappa shape index (κ1) is 19.2. The molecule has 2 nitrogen and oxygen atoms in total. The van der Waals surface area contributed by atoms with E-state index in [1.165, 1.54) is 65.9 Å². The molecule has 0 saturated carbocycles. The van der Waals surface area contributed by atoms with Crippen LogP contribution in [0.15, 0.2) is 109 Å². The molecule has 6 aromatic carbocycles. The first-order valence-corrected chi connectivity index (χ1v) is 11.8. The maximum atomic E-state index is 3.44. The van der Waals surface area contributed by atoms with Gasteiger partial charge in [-0.05, 0) is 78.8 Å². The van der Waals surface area contributed by atoms with Crippen molar-refractivity contribution in [1.29, 1.82) is 0 Å². The van der Waals surface area contributed by atoms with Gasteiger partial charge in [-0.1, -0.05) is 84.9 Å². The van der Waals surface area contributed by atoms with Crippen LogP contribution in [-0.2, 0) is 0 Å². The molecule has 0 aromatic heterocycles. The Morgan fingerprint density at radius 2 is 1.03 bits per heavy atom. The van der Waals surface area contributed by atoms with Gasteiger partial charge in [-0.3, -0.25) is 0 Å². The maximum Gasteiger partial charge on any atom is 0.0874 e. The lowest BCUT2D eigenvalue weighted by atomic mass is 9.91. The second-order valence-corrected chi connectivity index (χ2v) is 9.20. The number of benzene rings is 6. The van der Waals surface area contributed by atoms with Gasteiger partial charge in [0.1, 0.15) is 0 Å². The molecule has 0 bridgehead atoms. The molecule has 1 aliphatic heterocycles. The zero-order valence-electron chi connectivity index (χ0n) is 19.0. The van der Waals surface area contributed by atoms with Crippen molar-refractivity contribution in [2.24, 2.45) is 0 Å². The summed E-state index contributed by atoms with van der Waals surface area (Å²) in [4.78, 5) is 2.25. The molecule has 34 heavy (non-hydrogen) atoms. The van der Waals surface area contributed by atoms with Gasteiger partial charge < -0.3 is 10.2 Å². The van der Waals surface area contributed by atoms with Crippen molar-refractivity contribution in [3.05, 3.63) is 109 Å². The number of rotatable bonds is 2. The third kappa shape index (κ3) is 2.89. The van der Waals surface area contributed by atoms with Gasteiger partial charge in [-0.2, -0.15) is 0 Å². The summed E-state index contributed by atoms with van der Waals surface area (Å²) in [6, 6.07) is 40.0. The molecule has 0 radical (unpaired) electrons. The number of hydrogen-bond acceptors (Lipinski definition) is 2. The second kappa shape index (κ2) is 7.36. The van der Waals surface area contributed by atoms with Crippen LogP contribution >= 0.6 is 0 Å². The molecule has 0 atom stereocenters. The van der Waals surface area contributed by atoms with Gasteiger partial charge in [-0.25, -0.2) is 0 Å². The van der Waals surface area contributed by atoms with E-state index >= 15 is 0 Å². The van der Waals surface area contributed by atoms with Crippen LogP contribution in [0.2, 0.25) is 0 Å². The van der Waals surface area contributed by atoms with Crippen molar-refractivity contribution < 1.29 is 0 Å². The lowest BCUT2D eigenvalue weighted by Crippen LogP contribution is -2.15. The summed E-state index contributed by atoms with van der Waals surface area (Å²) in [7, 11) is 2.13. The minimum atomic E-state index is 0.860. The van der Waals surface area contributed by atoms with Gasteiger partial charge in [0.25, 0.3) is 0 Å². The van der Waals surface area contributed by atoms with Crippen LogP contribution in [-0.4, -0.2) is 13.7 Å². The van der Waals surface area contributed by atoms with Crippen LogP contribution in [0.4, 0.5) is 11.4 Å². The number of fused-ring (bicyclic) bond motifs is 7. The number of anilines is 2. The van der Waals surface area contributed by atoms with Crippen LogP contribution in [0.5, 0.6) is 0 Å². The van der Waals surface area contributed by atoms with E-state index in [0.717, 1.165) is 6.67 Å². The van der Waals surface area contributed by atoms with E-state index in [2.05, 4.69) is 126 Å². The molecular formula is C32H24N2. The van der Waals surface area contributed by atoms with Crippen molar-refractivity contribution in [3.63, 3.8) is 0 Å². The molecular weight excluding hydrogens is 412 g/mol. The van der Waals surface area contributed by atoms with E-state index in [-0.39, 0.29) is 0 Å². The molecule has 0 spiro atoms. The van der Waals surface area contributed by atoms with Crippen LogP contribution in [0.3, 0.4) is 0 Å². The fourth-order valence-electron chi connectivity index (χ4n) is 5.43.